The molecule has 3 heterocycles. The van der Waals surface area contributed by atoms with Crippen LogP contribution in [0, 0.1) is 5.82 Å². The normalized spacial score (nSPS) is 14.9. The number of halogens is 1. The van der Waals surface area contributed by atoms with Gasteiger partial charge in [-0.05, 0) is 44.2 Å². The number of rotatable bonds is 5. The number of morpholine rings is 1. The van der Waals surface area contributed by atoms with Gasteiger partial charge in [-0.3, -0.25) is 4.90 Å². The number of aromatic nitrogens is 3. The number of ether oxygens (including phenoxy) is 1. The smallest absolute Gasteiger partial charge is 0.342 e. The minimum absolute atomic E-state index is 0.00704. The molecule has 1 saturated heterocycles. The van der Waals surface area contributed by atoms with Crippen molar-refractivity contribution in [2.24, 2.45) is 0 Å². The zero-order valence-corrected chi connectivity index (χ0v) is 17.0. The van der Waals surface area contributed by atoms with Gasteiger partial charge in [0.05, 0.1) is 31.0 Å². The van der Waals surface area contributed by atoms with Crippen molar-refractivity contribution in [1.82, 2.24) is 25.2 Å². The van der Waals surface area contributed by atoms with Gasteiger partial charge in [0.2, 0.25) is 0 Å². The van der Waals surface area contributed by atoms with E-state index in [9.17, 15) is 9.18 Å². The van der Waals surface area contributed by atoms with E-state index in [2.05, 4.69) is 20.5 Å². The fraction of sp³-hybridized carbons (Fsp3) is 0.381. The number of amides is 1. The van der Waals surface area contributed by atoms with Crippen LogP contribution in [-0.2, 0) is 11.3 Å². The molecule has 8 nitrogen and oxygen atoms in total. The Labute approximate surface area is 173 Å². The standard InChI is InChI=1S/C21H24FN5O3/c1-14(2)23-21(28)27-8-7-17(24-27)19-18(13-26-9-11-29-12-10-26)30-25-20(19)15-3-5-16(22)6-4-15/h3-8,14H,9-13H2,1-2H3,(H,23,28). The molecule has 1 N–H and O–H groups in total. The highest BCUT2D eigenvalue weighted by Gasteiger charge is 2.24. The molecule has 4 rings (SSSR count). The van der Waals surface area contributed by atoms with Crippen molar-refractivity contribution in [2.75, 3.05) is 26.3 Å². The Morgan fingerprint density at radius 3 is 2.63 bits per heavy atom. The molecule has 1 fully saturated rings. The third kappa shape index (κ3) is 4.42. The molecule has 0 aliphatic carbocycles. The van der Waals surface area contributed by atoms with Crippen LogP contribution in [0.15, 0.2) is 41.1 Å². The summed E-state index contributed by atoms with van der Waals surface area (Å²) >= 11 is 0. The van der Waals surface area contributed by atoms with Crippen molar-refractivity contribution in [3.05, 3.63) is 48.1 Å². The van der Waals surface area contributed by atoms with Gasteiger partial charge in [-0.1, -0.05) is 5.16 Å². The fourth-order valence-corrected chi connectivity index (χ4v) is 3.35. The molecule has 0 spiro atoms. The summed E-state index contributed by atoms with van der Waals surface area (Å²) in [7, 11) is 0. The van der Waals surface area contributed by atoms with Gasteiger partial charge in [0.15, 0.2) is 5.76 Å². The van der Waals surface area contributed by atoms with Crippen molar-refractivity contribution >= 4 is 6.03 Å². The second-order valence-electron chi connectivity index (χ2n) is 7.47. The van der Waals surface area contributed by atoms with Crippen molar-refractivity contribution in [3.63, 3.8) is 0 Å². The average molecular weight is 413 g/mol. The van der Waals surface area contributed by atoms with Crippen molar-refractivity contribution in [1.29, 1.82) is 0 Å². The number of nitrogens with one attached hydrogen (secondary N) is 1. The molecular weight excluding hydrogens is 389 g/mol. The Morgan fingerprint density at radius 2 is 1.93 bits per heavy atom. The van der Waals surface area contributed by atoms with Gasteiger partial charge in [0.25, 0.3) is 0 Å². The van der Waals surface area contributed by atoms with E-state index < -0.39 is 0 Å². The van der Waals surface area contributed by atoms with Crippen LogP contribution in [0.25, 0.3) is 22.5 Å². The Morgan fingerprint density at radius 1 is 1.20 bits per heavy atom. The first kappa shape index (κ1) is 20.2. The maximum Gasteiger partial charge on any atom is 0.342 e. The van der Waals surface area contributed by atoms with Gasteiger partial charge < -0.3 is 14.6 Å². The highest BCUT2D eigenvalue weighted by atomic mass is 19.1. The maximum absolute atomic E-state index is 13.4. The van der Waals surface area contributed by atoms with E-state index in [-0.39, 0.29) is 17.9 Å². The van der Waals surface area contributed by atoms with E-state index in [1.807, 2.05) is 13.8 Å². The molecule has 2 aromatic heterocycles. The van der Waals surface area contributed by atoms with Crippen LogP contribution >= 0.6 is 0 Å². The largest absolute Gasteiger partial charge is 0.379 e. The molecule has 1 aromatic carbocycles. The van der Waals surface area contributed by atoms with Crippen LogP contribution in [0.1, 0.15) is 19.6 Å². The van der Waals surface area contributed by atoms with Crippen molar-refractivity contribution in [3.8, 4) is 22.5 Å². The van der Waals surface area contributed by atoms with E-state index in [0.29, 0.717) is 48.0 Å². The van der Waals surface area contributed by atoms with Crippen LogP contribution in [0.3, 0.4) is 0 Å². The van der Waals surface area contributed by atoms with Gasteiger partial charge in [0, 0.05) is 30.9 Å². The van der Waals surface area contributed by atoms with Crippen LogP contribution in [-0.4, -0.2) is 58.2 Å². The highest BCUT2D eigenvalue weighted by Crippen LogP contribution is 2.34. The van der Waals surface area contributed by atoms with E-state index in [4.69, 9.17) is 9.26 Å². The lowest BCUT2D eigenvalue weighted by molar-refractivity contribution is 0.0306. The minimum Gasteiger partial charge on any atom is -0.379 e. The van der Waals surface area contributed by atoms with Gasteiger partial charge in [-0.2, -0.15) is 9.78 Å². The van der Waals surface area contributed by atoms with Gasteiger partial charge in [-0.25, -0.2) is 9.18 Å². The molecule has 0 atom stereocenters. The molecule has 1 amide bonds. The van der Waals surface area contributed by atoms with Crippen LogP contribution < -0.4 is 5.32 Å². The third-order valence-corrected chi connectivity index (χ3v) is 4.82. The monoisotopic (exact) mass is 413 g/mol. The van der Waals surface area contributed by atoms with Gasteiger partial charge in [0.1, 0.15) is 11.5 Å². The molecule has 0 radical (unpaired) electrons. The molecule has 3 aromatic rings. The number of carbonyl (C=O) groups excluding carboxylic acids is 1. The maximum atomic E-state index is 13.4. The molecule has 30 heavy (non-hydrogen) atoms. The number of carbonyl (C=O) groups is 1. The van der Waals surface area contributed by atoms with E-state index in [1.54, 1.807) is 24.4 Å². The molecule has 0 saturated carbocycles. The first-order valence-electron chi connectivity index (χ1n) is 9.93. The quantitative estimate of drug-likeness (QED) is 0.692. The number of hydrogen-bond donors (Lipinski definition) is 1. The Hall–Kier alpha value is -3.04. The molecule has 0 unspecified atom stereocenters. The predicted molar refractivity (Wildman–Crippen MR) is 108 cm³/mol. The summed E-state index contributed by atoms with van der Waals surface area (Å²) in [6.07, 6.45) is 1.60. The lowest BCUT2D eigenvalue weighted by Gasteiger charge is -2.25. The van der Waals surface area contributed by atoms with Crippen LogP contribution in [0.5, 0.6) is 0 Å². The van der Waals surface area contributed by atoms with Crippen LogP contribution in [0.4, 0.5) is 9.18 Å². The lowest BCUT2D eigenvalue weighted by Crippen LogP contribution is -2.35. The average Bonchev–Trinajstić information content (AvgIpc) is 3.36. The first-order valence-corrected chi connectivity index (χ1v) is 9.93. The second kappa shape index (κ2) is 8.76. The zero-order valence-electron chi connectivity index (χ0n) is 17.0. The molecule has 158 valence electrons. The zero-order chi connectivity index (χ0) is 21.1. The number of benzene rings is 1. The molecule has 0 bridgehead atoms. The second-order valence-corrected chi connectivity index (χ2v) is 7.47. The van der Waals surface area contributed by atoms with E-state index in [1.165, 1.54) is 16.8 Å². The summed E-state index contributed by atoms with van der Waals surface area (Å²) in [5.41, 5.74) is 2.54. The number of hydrogen-bond acceptors (Lipinski definition) is 6. The van der Waals surface area contributed by atoms with Crippen molar-refractivity contribution in [2.45, 2.75) is 26.4 Å². The Balaban J connectivity index is 1.71. The Bertz CT molecular complexity index is 1010. The molecular formula is C21H24FN5O3. The summed E-state index contributed by atoms with van der Waals surface area (Å²) in [5, 5.41) is 11.5. The van der Waals surface area contributed by atoms with Gasteiger partial charge in [-0.15, -0.1) is 0 Å². The summed E-state index contributed by atoms with van der Waals surface area (Å²) in [6, 6.07) is 7.49. The van der Waals surface area contributed by atoms with Crippen molar-refractivity contribution < 1.29 is 18.4 Å². The predicted octanol–water partition coefficient (Wildman–Crippen LogP) is 3.14. The highest BCUT2D eigenvalue weighted by molar-refractivity contribution is 5.82. The number of nitrogens with zero attached hydrogens (tertiary/aromatic N) is 4. The third-order valence-electron chi connectivity index (χ3n) is 4.82. The summed E-state index contributed by atoms with van der Waals surface area (Å²) in [6.45, 7) is 7.22. The van der Waals surface area contributed by atoms with E-state index >= 15 is 0 Å². The van der Waals surface area contributed by atoms with Crippen LogP contribution in [0.2, 0.25) is 0 Å². The van der Waals surface area contributed by atoms with E-state index in [0.717, 1.165) is 13.1 Å². The topological polar surface area (TPSA) is 85.4 Å². The molecule has 1 aliphatic heterocycles. The summed E-state index contributed by atoms with van der Waals surface area (Å²) in [4.78, 5) is 14.5. The Kier molecular flexibility index (Phi) is 5.91. The fourth-order valence-electron chi connectivity index (χ4n) is 3.35. The lowest BCUT2D eigenvalue weighted by atomic mass is 10.0. The minimum atomic E-state index is -0.327. The summed E-state index contributed by atoms with van der Waals surface area (Å²) < 4.78 is 25.8. The first-order chi connectivity index (χ1) is 14.5. The SMILES string of the molecule is CC(C)NC(=O)n1ccc(-c2c(-c3ccc(F)cc3)noc2CN2CCOCC2)n1. The molecule has 9 heteroatoms. The molecule has 1 aliphatic rings. The van der Waals surface area contributed by atoms with Gasteiger partial charge >= 0.3 is 6.03 Å². The summed E-state index contributed by atoms with van der Waals surface area (Å²) in [5.74, 6) is 0.317.